The van der Waals surface area contributed by atoms with Gasteiger partial charge in [0.2, 0.25) is 0 Å². The van der Waals surface area contributed by atoms with Crippen molar-refractivity contribution in [3.8, 4) is 0 Å². The average molecular weight is 248 g/mol. The van der Waals surface area contributed by atoms with E-state index in [9.17, 15) is 4.79 Å². The minimum Gasteiger partial charge on any atom is -0.341 e. The van der Waals surface area contributed by atoms with Crippen LogP contribution < -0.4 is 5.32 Å². The van der Waals surface area contributed by atoms with Crippen LogP contribution in [0.2, 0.25) is 0 Å². The van der Waals surface area contributed by atoms with Crippen LogP contribution in [0, 0.1) is 6.92 Å². The first-order valence-corrected chi connectivity index (χ1v) is 6.28. The van der Waals surface area contributed by atoms with Crippen molar-refractivity contribution in [3.05, 3.63) is 34.9 Å². The number of hydrogen-bond acceptors (Lipinski definition) is 1. The van der Waals surface area contributed by atoms with Crippen molar-refractivity contribution in [1.82, 2.24) is 10.2 Å². The molecule has 3 nitrogen and oxygen atoms in total. The topological polar surface area (TPSA) is 32.3 Å². The Bertz CT molecular complexity index is 433. The number of aryl methyl sites for hydroxylation is 1. The largest absolute Gasteiger partial charge is 0.341 e. The van der Waals surface area contributed by atoms with Crippen LogP contribution in [0.25, 0.3) is 0 Å². The number of hydrogen-bond donors (Lipinski definition) is 1. The van der Waals surface area contributed by atoms with Crippen molar-refractivity contribution in [2.45, 2.75) is 39.7 Å². The fraction of sp³-hybridized carbons (Fsp3) is 0.533. The van der Waals surface area contributed by atoms with Crippen LogP contribution in [0.15, 0.2) is 18.2 Å². The normalized spacial score (nSPS) is 11.2. The molecule has 0 aromatic heterocycles. The molecule has 3 heteroatoms. The van der Waals surface area contributed by atoms with Gasteiger partial charge in [-0.15, -0.1) is 0 Å². The fourth-order valence-corrected chi connectivity index (χ4v) is 1.83. The molecule has 1 aromatic carbocycles. The quantitative estimate of drug-likeness (QED) is 0.857. The summed E-state index contributed by atoms with van der Waals surface area (Å²) in [5.74, 6) is 0. The highest BCUT2D eigenvalue weighted by Crippen LogP contribution is 2.24. The van der Waals surface area contributed by atoms with E-state index in [1.807, 2.05) is 7.05 Å². The molecule has 2 amide bonds. The lowest BCUT2D eigenvalue weighted by Gasteiger charge is -2.23. The van der Waals surface area contributed by atoms with Crippen LogP contribution in [0.5, 0.6) is 0 Å². The Balaban J connectivity index is 2.98. The molecule has 0 saturated carbocycles. The summed E-state index contributed by atoms with van der Waals surface area (Å²) in [5, 5.41) is 2.64. The van der Waals surface area contributed by atoms with Crippen LogP contribution in [0.1, 0.15) is 37.5 Å². The zero-order valence-corrected chi connectivity index (χ0v) is 12.3. The SMILES string of the molecule is CNC(=O)N(C)Cc1cc(C(C)(C)C)ccc1C. The Morgan fingerprint density at radius 2 is 1.94 bits per heavy atom. The van der Waals surface area contributed by atoms with Gasteiger partial charge in [0, 0.05) is 20.6 Å². The second-order valence-electron chi connectivity index (χ2n) is 5.80. The summed E-state index contributed by atoms with van der Waals surface area (Å²) in [7, 11) is 3.46. The number of carbonyl (C=O) groups is 1. The molecule has 0 spiro atoms. The summed E-state index contributed by atoms with van der Waals surface area (Å²) in [6, 6.07) is 6.44. The second kappa shape index (κ2) is 5.42. The zero-order valence-electron chi connectivity index (χ0n) is 12.3. The number of amides is 2. The Morgan fingerprint density at radius 3 is 2.44 bits per heavy atom. The molecular weight excluding hydrogens is 224 g/mol. The van der Waals surface area contributed by atoms with Crippen molar-refractivity contribution in [1.29, 1.82) is 0 Å². The van der Waals surface area contributed by atoms with Gasteiger partial charge in [0.15, 0.2) is 0 Å². The van der Waals surface area contributed by atoms with Gasteiger partial charge in [-0.05, 0) is 29.0 Å². The number of nitrogens with one attached hydrogen (secondary N) is 1. The van der Waals surface area contributed by atoms with E-state index in [2.05, 4.69) is 51.2 Å². The van der Waals surface area contributed by atoms with Crippen molar-refractivity contribution in [3.63, 3.8) is 0 Å². The minimum atomic E-state index is -0.0597. The van der Waals surface area contributed by atoms with E-state index in [4.69, 9.17) is 0 Å². The molecule has 0 saturated heterocycles. The third kappa shape index (κ3) is 3.49. The minimum absolute atomic E-state index is 0.0597. The molecule has 100 valence electrons. The van der Waals surface area contributed by atoms with Gasteiger partial charge in [-0.25, -0.2) is 4.79 Å². The maximum absolute atomic E-state index is 11.5. The second-order valence-corrected chi connectivity index (χ2v) is 5.80. The van der Waals surface area contributed by atoms with Gasteiger partial charge in [0.05, 0.1) is 0 Å². The van der Waals surface area contributed by atoms with E-state index in [0.29, 0.717) is 6.54 Å². The number of benzene rings is 1. The zero-order chi connectivity index (χ0) is 13.9. The summed E-state index contributed by atoms with van der Waals surface area (Å²) in [5.41, 5.74) is 3.86. The maximum Gasteiger partial charge on any atom is 0.317 e. The van der Waals surface area contributed by atoms with Gasteiger partial charge in [0.25, 0.3) is 0 Å². The molecule has 0 aliphatic rings. The maximum atomic E-state index is 11.5. The number of urea groups is 1. The number of nitrogens with zero attached hydrogens (tertiary/aromatic N) is 1. The highest BCUT2D eigenvalue weighted by atomic mass is 16.2. The van der Waals surface area contributed by atoms with E-state index in [1.54, 1.807) is 11.9 Å². The predicted octanol–water partition coefficient (Wildman–Crippen LogP) is 3.06. The number of rotatable bonds is 2. The molecule has 0 radical (unpaired) electrons. The summed E-state index contributed by atoms with van der Waals surface area (Å²) in [6.07, 6.45) is 0. The van der Waals surface area contributed by atoms with Crippen LogP contribution >= 0.6 is 0 Å². The number of carbonyl (C=O) groups excluding carboxylic acids is 1. The third-order valence-corrected chi connectivity index (χ3v) is 3.18. The van der Waals surface area contributed by atoms with Crippen molar-refractivity contribution >= 4 is 6.03 Å². The highest BCUT2D eigenvalue weighted by Gasteiger charge is 2.16. The molecule has 0 aliphatic carbocycles. The molecular formula is C15H24N2O. The predicted molar refractivity (Wildman–Crippen MR) is 75.8 cm³/mol. The first-order valence-electron chi connectivity index (χ1n) is 6.28. The smallest absolute Gasteiger partial charge is 0.317 e. The monoisotopic (exact) mass is 248 g/mol. The molecule has 1 N–H and O–H groups in total. The molecule has 18 heavy (non-hydrogen) atoms. The van der Waals surface area contributed by atoms with Gasteiger partial charge >= 0.3 is 6.03 Å². The Kier molecular flexibility index (Phi) is 4.38. The Hall–Kier alpha value is -1.51. The first kappa shape index (κ1) is 14.6. The third-order valence-electron chi connectivity index (χ3n) is 3.18. The first-order chi connectivity index (χ1) is 8.25. The standard InChI is InChI=1S/C15H24N2O/c1-11-7-8-13(15(2,3)4)9-12(11)10-17(6)14(18)16-5/h7-9H,10H2,1-6H3,(H,16,18). The van der Waals surface area contributed by atoms with Crippen LogP contribution in [-0.2, 0) is 12.0 Å². The lowest BCUT2D eigenvalue weighted by molar-refractivity contribution is 0.209. The van der Waals surface area contributed by atoms with Gasteiger partial charge in [0.1, 0.15) is 0 Å². The summed E-state index contributed by atoms with van der Waals surface area (Å²) in [6.45, 7) is 9.31. The molecule has 0 atom stereocenters. The van der Waals surface area contributed by atoms with Gasteiger partial charge < -0.3 is 10.2 Å². The lowest BCUT2D eigenvalue weighted by Crippen LogP contribution is -2.34. The van der Waals surface area contributed by atoms with E-state index in [1.165, 1.54) is 16.7 Å². The van der Waals surface area contributed by atoms with Crippen LogP contribution in [0.3, 0.4) is 0 Å². The lowest BCUT2D eigenvalue weighted by atomic mass is 9.85. The van der Waals surface area contributed by atoms with Crippen molar-refractivity contribution in [2.24, 2.45) is 0 Å². The summed E-state index contributed by atoms with van der Waals surface area (Å²) in [4.78, 5) is 13.2. The Morgan fingerprint density at radius 1 is 1.33 bits per heavy atom. The van der Waals surface area contributed by atoms with Crippen LogP contribution in [-0.4, -0.2) is 25.0 Å². The molecule has 0 unspecified atom stereocenters. The van der Waals surface area contributed by atoms with Gasteiger partial charge in [-0.3, -0.25) is 0 Å². The summed E-state index contributed by atoms with van der Waals surface area (Å²) >= 11 is 0. The van der Waals surface area contributed by atoms with E-state index >= 15 is 0 Å². The average Bonchev–Trinajstić information content (AvgIpc) is 2.29. The molecule has 1 aromatic rings. The van der Waals surface area contributed by atoms with Gasteiger partial charge in [-0.1, -0.05) is 39.0 Å². The molecule has 0 aliphatic heterocycles. The highest BCUT2D eigenvalue weighted by molar-refractivity contribution is 5.73. The summed E-state index contributed by atoms with van der Waals surface area (Å²) < 4.78 is 0. The molecule has 0 fully saturated rings. The fourth-order valence-electron chi connectivity index (χ4n) is 1.83. The van der Waals surface area contributed by atoms with E-state index in [0.717, 1.165) is 0 Å². The van der Waals surface area contributed by atoms with E-state index in [-0.39, 0.29) is 11.4 Å². The molecule has 0 bridgehead atoms. The van der Waals surface area contributed by atoms with Crippen LogP contribution in [0.4, 0.5) is 4.79 Å². The van der Waals surface area contributed by atoms with Crippen molar-refractivity contribution < 1.29 is 4.79 Å². The van der Waals surface area contributed by atoms with Gasteiger partial charge in [-0.2, -0.15) is 0 Å². The Labute approximate surface area is 110 Å². The van der Waals surface area contributed by atoms with E-state index < -0.39 is 0 Å². The molecule has 0 heterocycles. The van der Waals surface area contributed by atoms with Crippen molar-refractivity contribution in [2.75, 3.05) is 14.1 Å². The molecule has 1 rings (SSSR count).